The van der Waals surface area contributed by atoms with Crippen LogP contribution in [0.5, 0.6) is 0 Å². The Hall–Kier alpha value is -2.37. The fourth-order valence-corrected chi connectivity index (χ4v) is 6.39. The van der Waals surface area contributed by atoms with Gasteiger partial charge in [-0.1, -0.05) is 89.9 Å². The number of halogens is 2. The molecule has 2 atom stereocenters. The first-order valence-electron chi connectivity index (χ1n) is 13.3. The number of rotatable bonds is 7. The lowest BCUT2D eigenvalue weighted by Gasteiger charge is -2.42. The average molecular weight is 538 g/mol. The van der Waals surface area contributed by atoms with Gasteiger partial charge in [-0.2, -0.15) is 0 Å². The van der Waals surface area contributed by atoms with Crippen molar-refractivity contribution < 1.29 is 9.90 Å². The Morgan fingerprint density at radius 2 is 1.49 bits per heavy atom. The van der Waals surface area contributed by atoms with Crippen LogP contribution in [0.3, 0.4) is 0 Å². The molecule has 6 heteroatoms. The van der Waals surface area contributed by atoms with Crippen LogP contribution in [0.2, 0.25) is 10.0 Å². The van der Waals surface area contributed by atoms with E-state index in [4.69, 9.17) is 23.2 Å². The second-order valence-electron chi connectivity index (χ2n) is 10.3. The lowest BCUT2D eigenvalue weighted by Crippen LogP contribution is -2.49. The molecule has 2 aliphatic heterocycles. The summed E-state index contributed by atoms with van der Waals surface area (Å²) in [5, 5.41) is 11.6. The molecule has 2 heterocycles. The molecule has 2 saturated heterocycles. The number of piperidine rings is 1. The second kappa shape index (κ2) is 11.6. The van der Waals surface area contributed by atoms with Gasteiger partial charge in [-0.25, -0.2) is 0 Å². The Labute approximate surface area is 229 Å². The first kappa shape index (κ1) is 26.2. The summed E-state index contributed by atoms with van der Waals surface area (Å²) in [4.78, 5) is 18.9. The summed E-state index contributed by atoms with van der Waals surface area (Å²) < 4.78 is 0. The van der Waals surface area contributed by atoms with Crippen LogP contribution >= 0.6 is 23.2 Å². The zero-order valence-electron chi connectivity index (χ0n) is 21.0. The maximum Gasteiger partial charge on any atom is 0.237 e. The van der Waals surface area contributed by atoms with E-state index in [2.05, 4.69) is 34.1 Å². The fourth-order valence-electron chi connectivity index (χ4n) is 6.09. The zero-order chi connectivity index (χ0) is 25.8. The maximum absolute atomic E-state index is 14.5. The lowest BCUT2D eigenvalue weighted by atomic mass is 9.70. The SMILES string of the molecule is O=C(N1CCCC1)C(CCN1CCC(O)CC1c1ccc(Cl)c(Cl)c1)(c1ccccc1)c1ccccc1. The van der Waals surface area contributed by atoms with Crippen molar-refractivity contribution in [2.45, 2.75) is 49.7 Å². The number of amides is 1. The largest absolute Gasteiger partial charge is 0.393 e. The van der Waals surface area contributed by atoms with E-state index in [1.807, 2.05) is 54.6 Å². The summed E-state index contributed by atoms with van der Waals surface area (Å²) >= 11 is 12.6. The summed E-state index contributed by atoms with van der Waals surface area (Å²) in [6.07, 6.45) is 3.71. The number of carbonyl (C=O) groups is 1. The van der Waals surface area contributed by atoms with Crippen LogP contribution in [0.4, 0.5) is 0 Å². The molecule has 1 amide bonds. The van der Waals surface area contributed by atoms with Crippen molar-refractivity contribution in [3.63, 3.8) is 0 Å². The van der Waals surface area contributed by atoms with Crippen molar-refractivity contribution in [3.05, 3.63) is 106 Å². The fraction of sp³-hybridized carbons (Fsp3) is 0.387. The highest BCUT2D eigenvalue weighted by molar-refractivity contribution is 6.42. The van der Waals surface area contributed by atoms with Crippen LogP contribution in [-0.4, -0.2) is 53.1 Å². The Balaban J connectivity index is 1.53. The molecule has 0 saturated carbocycles. The Morgan fingerprint density at radius 3 is 2.08 bits per heavy atom. The maximum atomic E-state index is 14.5. The van der Waals surface area contributed by atoms with Crippen LogP contribution < -0.4 is 0 Å². The van der Waals surface area contributed by atoms with Gasteiger partial charge < -0.3 is 10.0 Å². The van der Waals surface area contributed by atoms with Crippen molar-refractivity contribution in [1.82, 2.24) is 9.80 Å². The average Bonchev–Trinajstić information content (AvgIpc) is 3.47. The minimum Gasteiger partial charge on any atom is -0.393 e. The molecule has 1 N–H and O–H groups in total. The molecule has 2 unspecified atom stereocenters. The van der Waals surface area contributed by atoms with E-state index in [1.165, 1.54) is 0 Å². The van der Waals surface area contributed by atoms with E-state index in [1.54, 1.807) is 0 Å². The highest BCUT2D eigenvalue weighted by Gasteiger charge is 2.45. The summed E-state index contributed by atoms with van der Waals surface area (Å²) in [7, 11) is 0. The number of benzene rings is 3. The smallest absolute Gasteiger partial charge is 0.237 e. The number of aliphatic hydroxyl groups excluding tert-OH is 1. The molecule has 0 aliphatic carbocycles. The monoisotopic (exact) mass is 536 g/mol. The van der Waals surface area contributed by atoms with E-state index in [-0.39, 0.29) is 18.1 Å². The van der Waals surface area contributed by atoms with Gasteiger partial charge in [-0.05, 0) is 60.9 Å². The van der Waals surface area contributed by atoms with Crippen molar-refractivity contribution in [2.75, 3.05) is 26.2 Å². The van der Waals surface area contributed by atoms with Gasteiger partial charge in [0.25, 0.3) is 0 Å². The van der Waals surface area contributed by atoms with E-state index in [9.17, 15) is 9.90 Å². The van der Waals surface area contributed by atoms with Crippen molar-refractivity contribution in [3.8, 4) is 0 Å². The highest BCUT2D eigenvalue weighted by atomic mass is 35.5. The Morgan fingerprint density at radius 1 is 0.865 bits per heavy atom. The predicted octanol–water partition coefficient (Wildman–Crippen LogP) is 6.49. The molecule has 0 bridgehead atoms. The lowest BCUT2D eigenvalue weighted by molar-refractivity contribution is -0.135. The molecule has 37 heavy (non-hydrogen) atoms. The van der Waals surface area contributed by atoms with Crippen LogP contribution in [0.15, 0.2) is 78.9 Å². The van der Waals surface area contributed by atoms with Crippen LogP contribution in [0.1, 0.15) is 54.8 Å². The van der Waals surface area contributed by atoms with Crippen LogP contribution in [0, 0.1) is 0 Å². The third-order valence-electron chi connectivity index (χ3n) is 8.08. The van der Waals surface area contributed by atoms with E-state index < -0.39 is 5.41 Å². The van der Waals surface area contributed by atoms with Gasteiger partial charge in [0.05, 0.1) is 16.1 Å². The first-order chi connectivity index (χ1) is 18.0. The highest BCUT2D eigenvalue weighted by Crippen LogP contribution is 2.41. The second-order valence-corrected chi connectivity index (χ2v) is 11.1. The summed E-state index contributed by atoms with van der Waals surface area (Å²) in [5.41, 5.74) is 2.32. The molecular weight excluding hydrogens is 503 g/mol. The topological polar surface area (TPSA) is 43.8 Å². The number of hydrogen-bond acceptors (Lipinski definition) is 3. The van der Waals surface area contributed by atoms with E-state index in [0.29, 0.717) is 35.9 Å². The molecule has 0 spiro atoms. The van der Waals surface area contributed by atoms with Gasteiger partial charge in [0.1, 0.15) is 5.41 Å². The van der Waals surface area contributed by atoms with Gasteiger partial charge in [-0.3, -0.25) is 9.69 Å². The number of carbonyl (C=O) groups excluding carboxylic acids is 1. The number of hydrogen-bond donors (Lipinski definition) is 1. The molecule has 0 aromatic heterocycles. The summed E-state index contributed by atoms with van der Waals surface area (Å²) in [6, 6.07) is 26.2. The number of aliphatic hydroxyl groups is 1. The first-order valence-corrected chi connectivity index (χ1v) is 14.0. The number of likely N-dealkylation sites (tertiary alicyclic amines) is 2. The minimum atomic E-state index is -0.787. The zero-order valence-corrected chi connectivity index (χ0v) is 22.5. The Kier molecular flexibility index (Phi) is 8.21. The molecule has 4 nitrogen and oxygen atoms in total. The van der Waals surface area contributed by atoms with Gasteiger partial charge in [0.2, 0.25) is 5.91 Å². The van der Waals surface area contributed by atoms with Gasteiger partial charge >= 0.3 is 0 Å². The van der Waals surface area contributed by atoms with Crippen LogP contribution in [0.25, 0.3) is 0 Å². The third-order valence-corrected chi connectivity index (χ3v) is 8.82. The van der Waals surface area contributed by atoms with E-state index in [0.717, 1.165) is 49.2 Å². The molecule has 3 aromatic carbocycles. The molecule has 2 fully saturated rings. The van der Waals surface area contributed by atoms with E-state index >= 15 is 0 Å². The molecule has 3 aromatic rings. The predicted molar refractivity (Wildman–Crippen MR) is 150 cm³/mol. The summed E-state index contributed by atoms with van der Waals surface area (Å²) in [6.45, 7) is 3.08. The molecule has 2 aliphatic rings. The normalized spacial score (nSPS) is 20.8. The van der Waals surface area contributed by atoms with Crippen molar-refractivity contribution >= 4 is 29.1 Å². The van der Waals surface area contributed by atoms with Gasteiger partial charge in [0, 0.05) is 32.2 Å². The van der Waals surface area contributed by atoms with Crippen molar-refractivity contribution in [1.29, 1.82) is 0 Å². The third kappa shape index (κ3) is 5.44. The quantitative estimate of drug-likeness (QED) is 0.375. The number of nitrogens with zero attached hydrogens (tertiary/aromatic N) is 2. The minimum absolute atomic E-state index is 0.00431. The van der Waals surface area contributed by atoms with Crippen molar-refractivity contribution in [2.24, 2.45) is 0 Å². The standard InChI is InChI=1S/C31H34Cl2N2O2/c32-27-14-13-23(21-28(27)33)29-22-26(36)15-19-34(29)20-16-31(24-9-3-1-4-10-24,25-11-5-2-6-12-25)30(37)35-17-7-8-18-35/h1-6,9-14,21,26,29,36H,7-8,15-20,22H2. The molecule has 0 radical (unpaired) electrons. The molecule has 194 valence electrons. The molecule has 5 rings (SSSR count). The molecular formula is C31H34Cl2N2O2. The van der Waals surface area contributed by atoms with Gasteiger partial charge in [0.15, 0.2) is 0 Å². The van der Waals surface area contributed by atoms with Crippen LogP contribution in [-0.2, 0) is 10.2 Å². The summed E-state index contributed by atoms with van der Waals surface area (Å²) in [5.74, 6) is 0.186. The van der Waals surface area contributed by atoms with Gasteiger partial charge in [-0.15, -0.1) is 0 Å². The Bertz CT molecular complexity index is 1160.